The van der Waals surface area contributed by atoms with Crippen molar-refractivity contribution in [3.05, 3.63) is 17.7 Å². The van der Waals surface area contributed by atoms with Gasteiger partial charge in [-0.05, 0) is 30.5 Å². The molecule has 0 atom stereocenters. The molecule has 2 heterocycles. The Kier molecular flexibility index (Phi) is 2.93. The van der Waals surface area contributed by atoms with Gasteiger partial charge < -0.3 is 16.8 Å². The smallest absolute Gasteiger partial charge is 0.222 e. The Morgan fingerprint density at radius 1 is 1.18 bits per heavy atom. The van der Waals surface area contributed by atoms with Crippen molar-refractivity contribution >= 4 is 40.8 Å². The zero-order chi connectivity index (χ0) is 11.1. The minimum absolute atomic E-state index is 0. The SMILES string of the molecule is Cl.Nc1nc(N)c2c3c(ccc2n1)NCCC3. The lowest BCUT2D eigenvalue weighted by Gasteiger charge is -2.20. The fourth-order valence-electron chi connectivity index (χ4n) is 2.26. The molecule has 5 nitrogen and oxygen atoms in total. The molecular formula is C11H14ClN5. The van der Waals surface area contributed by atoms with Gasteiger partial charge in [0.05, 0.1) is 5.52 Å². The van der Waals surface area contributed by atoms with Gasteiger partial charge in [-0.25, -0.2) is 4.98 Å². The summed E-state index contributed by atoms with van der Waals surface area (Å²) in [5.74, 6) is 0.705. The number of nitrogen functional groups attached to an aromatic ring is 2. The zero-order valence-electron chi connectivity index (χ0n) is 9.23. The second kappa shape index (κ2) is 4.25. The van der Waals surface area contributed by atoms with E-state index in [4.69, 9.17) is 11.5 Å². The quantitative estimate of drug-likeness (QED) is 0.661. The van der Waals surface area contributed by atoms with E-state index in [1.165, 1.54) is 5.56 Å². The van der Waals surface area contributed by atoms with Crippen LogP contribution in [0.15, 0.2) is 12.1 Å². The van der Waals surface area contributed by atoms with Crippen molar-refractivity contribution in [1.29, 1.82) is 0 Å². The first-order chi connectivity index (χ1) is 7.75. The number of hydrogen-bond donors (Lipinski definition) is 3. The summed E-state index contributed by atoms with van der Waals surface area (Å²) in [7, 11) is 0. The average molecular weight is 252 g/mol. The summed E-state index contributed by atoms with van der Waals surface area (Å²) >= 11 is 0. The van der Waals surface area contributed by atoms with Gasteiger partial charge in [0, 0.05) is 17.6 Å². The molecule has 17 heavy (non-hydrogen) atoms. The van der Waals surface area contributed by atoms with Gasteiger partial charge in [-0.2, -0.15) is 4.98 Å². The van der Waals surface area contributed by atoms with Crippen molar-refractivity contribution < 1.29 is 0 Å². The number of benzene rings is 1. The fourth-order valence-corrected chi connectivity index (χ4v) is 2.26. The summed E-state index contributed by atoms with van der Waals surface area (Å²) in [6.07, 6.45) is 2.12. The second-order valence-electron chi connectivity index (χ2n) is 3.98. The molecule has 0 amide bonds. The lowest BCUT2D eigenvalue weighted by molar-refractivity contribution is 0.836. The molecule has 0 radical (unpaired) electrons. The van der Waals surface area contributed by atoms with Crippen LogP contribution in [0.4, 0.5) is 17.5 Å². The van der Waals surface area contributed by atoms with Gasteiger partial charge >= 0.3 is 0 Å². The number of nitrogens with two attached hydrogens (primary N) is 2. The van der Waals surface area contributed by atoms with Gasteiger partial charge in [-0.3, -0.25) is 0 Å². The van der Waals surface area contributed by atoms with E-state index in [-0.39, 0.29) is 18.4 Å². The number of rotatable bonds is 0. The van der Waals surface area contributed by atoms with Crippen LogP contribution in [0.1, 0.15) is 12.0 Å². The van der Waals surface area contributed by atoms with Crippen LogP contribution in [0.5, 0.6) is 0 Å². The first-order valence-corrected chi connectivity index (χ1v) is 5.34. The maximum Gasteiger partial charge on any atom is 0.222 e. The van der Waals surface area contributed by atoms with Gasteiger partial charge in [0.15, 0.2) is 0 Å². The molecule has 0 saturated heterocycles. The topological polar surface area (TPSA) is 89.8 Å². The van der Waals surface area contributed by atoms with Crippen LogP contribution in [0.2, 0.25) is 0 Å². The molecule has 1 aliphatic rings. The first kappa shape index (κ1) is 11.7. The monoisotopic (exact) mass is 251 g/mol. The van der Waals surface area contributed by atoms with Crippen molar-refractivity contribution in [3.63, 3.8) is 0 Å². The van der Waals surface area contributed by atoms with Crippen molar-refractivity contribution in [1.82, 2.24) is 9.97 Å². The van der Waals surface area contributed by atoms with Crippen LogP contribution in [0.25, 0.3) is 10.9 Å². The molecule has 0 fully saturated rings. The second-order valence-corrected chi connectivity index (χ2v) is 3.98. The highest BCUT2D eigenvalue weighted by Gasteiger charge is 2.15. The van der Waals surface area contributed by atoms with E-state index < -0.39 is 0 Å². The van der Waals surface area contributed by atoms with Gasteiger partial charge in [0.2, 0.25) is 5.95 Å². The van der Waals surface area contributed by atoms with E-state index >= 15 is 0 Å². The normalized spacial score (nSPS) is 13.6. The van der Waals surface area contributed by atoms with Gasteiger partial charge in [-0.15, -0.1) is 12.4 Å². The molecule has 6 heteroatoms. The Morgan fingerprint density at radius 2 is 2.00 bits per heavy atom. The number of fused-ring (bicyclic) bond motifs is 3. The summed E-state index contributed by atoms with van der Waals surface area (Å²) in [6, 6.07) is 3.96. The van der Waals surface area contributed by atoms with E-state index in [1.54, 1.807) is 0 Å². The maximum absolute atomic E-state index is 5.92. The number of nitrogens with zero attached hydrogens (tertiary/aromatic N) is 2. The zero-order valence-corrected chi connectivity index (χ0v) is 10.0. The molecule has 2 aromatic rings. The summed E-state index contributed by atoms with van der Waals surface area (Å²) in [6.45, 7) is 1.01. The Bertz CT molecular complexity index is 569. The van der Waals surface area contributed by atoms with Crippen molar-refractivity contribution in [3.8, 4) is 0 Å². The van der Waals surface area contributed by atoms with Crippen LogP contribution in [-0.2, 0) is 6.42 Å². The summed E-state index contributed by atoms with van der Waals surface area (Å²) in [4.78, 5) is 8.23. The van der Waals surface area contributed by atoms with Crippen LogP contribution >= 0.6 is 12.4 Å². The molecule has 1 aliphatic heterocycles. The predicted molar refractivity (Wildman–Crippen MR) is 72.4 cm³/mol. The third kappa shape index (κ3) is 1.82. The Labute approximate surface area is 105 Å². The molecule has 0 saturated carbocycles. The number of anilines is 3. The predicted octanol–water partition coefficient (Wildman–Crippen LogP) is 1.57. The third-order valence-corrected chi connectivity index (χ3v) is 2.94. The minimum Gasteiger partial charge on any atom is -0.385 e. The minimum atomic E-state index is 0. The summed E-state index contributed by atoms with van der Waals surface area (Å²) < 4.78 is 0. The molecule has 3 rings (SSSR count). The highest BCUT2D eigenvalue weighted by Crippen LogP contribution is 2.32. The van der Waals surface area contributed by atoms with E-state index in [9.17, 15) is 0 Å². The lowest BCUT2D eigenvalue weighted by Crippen LogP contribution is -2.13. The van der Waals surface area contributed by atoms with E-state index in [0.29, 0.717) is 5.82 Å². The van der Waals surface area contributed by atoms with Crippen LogP contribution in [-0.4, -0.2) is 16.5 Å². The number of nitrogens with one attached hydrogen (secondary N) is 1. The summed E-state index contributed by atoms with van der Waals surface area (Å²) in [5, 5.41) is 4.30. The number of aryl methyl sites for hydroxylation is 1. The van der Waals surface area contributed by atoms with Crippen LogP contribution in [0.3, 0.4) is 0 Å². The molecule has 0 bridgehead atoms. The highest BCUT2D eigenvalue weighted by atomic mass is 35.5. The van der Waals surface area contributed by atoms with Gasteiger partial charge in [0.1, 0.15) is 5.82 Å². The van der Waals surface area contributed by atoms with Gasteiger partial charge in [-0.1, -0.05) is 0 Å². The highest BCUT2D eigenvalue weighted by molar-refractivity contribution is 5.95. The molecule has 0 unspecified atom stereocenters. The van der Waals surface area contributed by atoms with Crippen molar-refractivity contribution in [2.24, 2.45) is 0 Å². The number of hydrogen-bond acceptors (Lipinski definition) is 5. The molecule has 5 N–H and O–H groups in total. The molecule has 90 valence electrons. The summed E-state index contributed by atoms with van der Waals surface area (Å²) in [5.41, 5.74) is 14.7. The lowest BCUT2D eigenvalue weighted by atomic mass is 9.99. The molecule has 1 aromatic carbocycles. The maximum atomic E-state index is 5.92. The molecule has 1 aromatic heterocycles. The Balaban J connectivity index is 0.00000108. The Morgan fingerprint density at radius 3 is 2.82 bits per heavy atom. The Hall–Kier alpha value is -1.75. The number of aromatic nitrogens is 2. The van der Waals surface area contributed by atoms with Crippen molar-refractivity contribution in [2.75, 3.05) is 23.3 Å². The van der Waals surface area contributed by atoms with Crippen molar-refractivity contribution in [2.45, 2.75) is 12.8 Å². The molecule has 0 spiro atoms. The largest absolute Gasteiger partial charge is 0.385 e. The first-order valence-electron chi connectivity index (χ1n) is 5.34. The van der Waals surface area contributed by atoms with Crippen LogP contribution < -0.4 is 16.8 Å². The van der Waals surface area contributed by atoms with E-state index in [2.05, 4.69) is 15.3 Å². The number of halogens is 1. The standard InChI is InChI=1S/C11H13N5.ClH/c12-10-9-6-2-1-5-14-7(6)3-4-8(9)15-11(13)16-10;/h3-4,14H,1-2,5H2,(H4,12,13,15,16);1H. The average Bonchev–Trinajstić information content (AvgIpc) is 2.28. The van der Waals surface area contributed by atoms with Gasteiger partial charge in [0.25, 0.3) is 0 Å². The van der Waals surface area contributed by atoms with E-state index in [1.807, 2.05) is 12.1 Å². The van der Waals surface area contributed by atoms with Crippen LogP contribution in [0, 0.1) is 0 Å². The molecule has 0 aliphatic carbocycles. The third-order valence-electron chi connectivity index (χ3n) is 2.94. The fraction of sp³-hybridized carbons (Fsp3) is 0.273. The van der Waals surface area contributed by atoms with E-state index in [0.717, 1.165) is 36.0 Å². The molecular weight excluding hydrogens is 238 g/mol.